The number of carbonyl (C=O) groups excluding carboxylic acids is 1. The lowest BCUT2D eigenvalue weighted by atomic mass is 10.3. The maximum atomic E-state index is 12.6. The number of hydrogen-bond donors (Lipinski definition) is 1. The summed E-state index contributed by atoms with van der Waals surface area (Å²) < 4.78 is 13.0. The Morgan fingerprint density at radius 3 is 2.60 bits per heavy atom. The number of thiazole rings is 1. The van der Waals surface area contributed by atoms with Gasteiger partial charge in [0.1, 0.15) is 30.3 Å². The molecule has 0 atom stereocenters. The monoisotopic (exact) mass is 422 g/mol. The summed E-state index contributed by atoms with van der Waals surface area (Å²) in [6.07, 6.45) is 0. The summed E-state index contributed by atoms with van der Waals surface area (Å²) in [4.78, 5) is 21.6. The molecule has 0 radical (unpaired) electrons. The molecule has 1 N–H and O–H groups in total. The topological polar surface area (TPSA) is 78.3 Å². The number of aromatic nitrogens is 3. The Labute approximate surface area is 178 Å². The van der Waals surface area contributed by atoms with Crippen LogP contribution in [0.4, 0.5) is 0 Å². The lowest BCUT2D eigenvalue weighted by Gasteiger charge is -2.10. The second-order valence-electron chi connectivity index (χ2n) is 6.49. The number of rotatable bonds is 9. The van der Waals surface area contributed by atoms with Gasteiger partial charge < -0.3 is 19.4 Å². The Hall–Kier alpha value is -3.39. The van der Waals surface area contributed by atoms with Gasteiger partial charge in [-0.3, -0.25) is 4.79 Å². The molecular formula is C22H22N4O3S. The number of benzene rings is 2. The third-order valence-corrected chi connectivity index (χ3v) is 5.03. The summed E-state index contributed by atoms with van der Waals surface area (Å²) in [6.45, 7) is 3.52. The molecule has 0 saturated carbocycles. The number of nitrogens with zero attached hydrogens (tertiary/aromatic N) is 3. The minimum Gasteiger partial charge on any atom is -0.494 e. The Bertz CT molecular complexity index is 1110. The Kier molecular flexibility index (Phi) is 6.24. The van der Waals surface area contributed by atoms with Crippen molar-refractivity contribution in [3.05, 3.63) is 59.4 Å². The highest BCUT2D eigenvalue weighted by molar-refractivity contribution is 7.07. The molecule has 4 aromatic rings. The van der Waals surface area contributed by atoms with E-state index >= 15 is 0 Å². The molecule has 8 heteroatoms. The van der Waals surface area contributed by atoms with Crippen LogP contribution >= 0.6 is 11.3 Å². The number of hydrogen-bond acceptors (Lipinski definition) is 6. The van der Waals surface area contributed by atoms with Gasteiger partial charge in [0.2, 0.25) is 5.91 Å². The van der Waals surface area contributed by atoms with E-state index in [9.17, 15) is 4.79 Å². The number of amides is 1. The quantitative estimate of drug-likeness (QED) is 0.416. The third-order valence-electron chi connectivity index (χ3n) is 4.45. The molecule has 0 bridgehead atoms. The minimum absolute atomic E-state index is 0.107. The Morgan fingerprint density at radius 1 is 1.10 bits per heavy atom. The standard InChI is InChI=1S/C22H22N4O3S/c1-2-28-16-7-9-17(10-8-16)29-12-11-23-21(27)13-26-20-6-4-3-5-18(20)25-22(26)19-14-30-15-24-19/h3-10,14-15H,2,11-13H2,1H3,(H,23,27). The van der Waals surface area contributed by atoms with Crippen molar-refractivity contribution in [1.29, 1.82) is 0 Å². The van der Waals surface area contributed by atoms with Gasteiger partial charge >= 0.3 is 0 Å². The van der Waals surface area contributed by atoms with Crippen LogP contribution in [0.2, 0.25) is 0 Å². The molecule has 7 nitrogen and oxygen atoms in total. The van der Waals surface area contributed by atoms with E-state index in [-0.39, 0.29) is 12.5 Å². The van der Waals surface area contributed by atoms with Gasteiger partial charge in [0, 0.05) is 5.38 Å². The molecule has 0 aliphatic heterocycles. The summed E-state index contributed by atoms with van der Waals surface area (Å²) in [5.41, 5.74) is 4.27. The minimum atomic E-state index is -0.107. The average Bonchev–Trinajstić information content (AvgIpc) is 3.41. The fourth-order valence-corrected chi connectivity index (χ4v) is 3.64. The van der Waals surface area contributed by atoms with E-state index in [4.69, 9.17) is 9.47 Å². The number of carbonyl (C=O) groups is 1. The van der Waals surface area contributed by atoms with Crippen LogP contribution < -0.4 is 14.8 Å². The highest BCUT2D eigenvalue weighted by atomic mass is 32.1. The van der Waals surface area contributed by atoms with Crippen LogP contribution in [0.15, 0.2) is 59.4 Å². The molecule has 0 aliphatic carbocycles. The molecule has 154 valence electrons. The van der Waals surface area contributed by atoms with Crippen molar-refractivity contribution in [1.82, 2.24) is 19.9 Å². The van der Waals surface area contributed by atoms with E-state index in [1.165, 1.54) is 11.3 Å². The highest BCUT2D eigenvalue weighted by Crippen LogP contribution is 2.24. The molecule has 2 heterocycles. The molecule has 4 rings (SSSR count). The first-order chi connectivity index (χ1) is 14.7. The lowest BCUT2D eigenvalue weighted by Crippen LogP contribution is -2.31. The van der Waals surface area contributed by atoms with Crippen LogP contribution in [0.25, 0.3) is 22.6 Å². The predicted octanol–water partition coefficient (Wildman–Crippen LogP) is 3.75. The molecule has 30 heavy (non-hydrogen) atoms. The maximum Gasteiger partial charge on any atom is 0.240 e. The number of para-hydroxylation sites is 2. The number of fused-ring (bicyclic) bond motifs is 1. The van der Waals surface area contributed by atoms with Crippen molar-refractivity contribution in [2.24, 2.45) is 0 Å². The second-order valence-corrected chi connectivity index (χ2v) is 7.21. The van der Waals surface area contributed by atoms with Crippen molar-refractivity contribution in [2.45, 2.75) is 13.5 Å². The smallest absolute Gasteiger partial charge is 0.240 e. The first-order valence-corrected chi connectivity index (χ1v) is 10.6. The van der Waals surface area contributed by atoms with Crippen LogP contribution in [-0.2, 0) is 11.3 Å². The first-order valence-electron chi connectivity index (χ1n) is 9.71. The van der Waals surface area contributed by atoms with Gasteiger partial charge in [0.25, 0.3) is 0 Å². The predicted molar refractivity (Wildman–Crippen MR) is 117 cm³/mol. The second kappa shape index (κ2) is 9.41. The lowest BCUT2D eigenvalue weighted by molar-refractivity contribution is -0.121. The molecule has 2 aromatic carbocycles. The van der Waals surface area contributed by atoms with Crippen molar-refractivity contribution in [2.75, 3.05) is 19.8 Å². The summed E-state index contributed by atoms with van der Waals surface area (Å²) >= 11 is 1.50. The summed E-state index contributed by atoms with van der Waals surface area (Å²) in [7, 11) is 0. The van der Waals surface area contributed by atoms with E-state index in [1.807, 2.05) is 65.4 Å². The van der Waals surface area contributed by atoms with Gasteiger partial charge in [-0.1, -0.05) is 12.1 Å². The largest absolute Gasteiger partial charge is 0.494 e. The normalized spacial score (nSPS) is 10.8. The van der Waals surface area contributed by atoms with Crippen molar-refractivity contribution in [3.8, 4) is 23.0 Å². The van der Waals surface area contributed by atoms with Gasteiger partial charge in [0.15, 0.2) is 5.82 Å². The third kappa shape index (κ3) is 4.60. The van der Waals surface area contributed by atoms with Gasteiger partial charge in [-0.15, -0.1) is 11.3 Å². The Morgan fingerprint density at radius 2 is 1.87 bits per heavy atom. The number of nitrogens with one attached hydrogen (secondary N) is 1. The van der Waals surface area contributed by atoms with Crippen molar-refractivity contribution >= 4 is 28.3 Å². The van der Waals surface area contributed by atoms with Crippen molar-refractivity contribution in [3.63, 3.8) is 0 Å². The van der Waals surface area contributed by atoms with E-state index in [0.717, 1.165) is 28.2 Å². The van der Waals surface area contributed by atoms with Crippen LogP contribution in [0.3, 0.4) is 0 Å². The summed E-state index contributed by atoms with van der Waals surface area (Å²) in [5, 5.41) is 4.84. The van der Waals surface area contributed by atoms with Gasteiger partial charge in [-0.2, -0.15) is 0 Å². The van der Waals surface area contributed by atoms with Crippen molar-refractivity contribution < 1.29 is 14.3 Å². The number of ether oxygens (including phenoxy) is 2. The zero-order valence-electron chi connectivity index (χ0n) is 16.6. The van der Waals surface area contributed by atoms with Crippen LogP contribution in [0.5, 0.6) is 11.5 Å². The molecule has 0 unspecified atom stereocenters. The molecule has 0 spiro atoms. The molecular weight excluding hydrogens is 400 g/mol. The summed E-state index contributed by atoms with van der Waals surface area (Å²) in [6, 6.07) is 15.2. The van der Waals surface area contributed by atoms with Gasteiger partial charge in [-0.25, -0.2) is 9.97 Å². The fraction of sp³-hybridized carbons (Fsp3) is 0.227. The van der Waals surface area contributed by atoms with E-state index in [2.05, 4.69) is 15.3 Å². The van der Waals surface area contributed by atoms with Gasteiger partial charge in [0.05, 0.1) is 29.7 Å². The van der Waals surface area contributed by atoms with Crippen LogP contribution in [-0.4, -0.2) is 40.2 Å². The molecule has 2 aromatic heterocycles. The van der Waals surface area contributed by atoms with E-state index in [1.54, 1.807) is 5.51 Å². The van der Waals surface area contributed by atoms with Gasteiger partial charge in [-0.05, 0) is 43.3 Å². The molecule has 1 amide bonds. The highest BCUT2D eigenvalue weighted by Gasteiger charge is 2.16. The SMILES string of the molecule is CCOc1ccc(OCCNC(=O)Cn2c(-c3cscn3)nc3ccccc32)cc1. The molecule has 0 aliphatic rings. The van der Waals surface area contributed by atoms with E-state index < -0.39 is 0 Å². The maximum absolute atomic E-state index is 12.6. The zero-order chi connectivity index (χ0) is 20.8. The van der Waals surface area contributed by atoms with Crippen LogP contribution in [0, 0.1) is 0 Å². The number of imidazole rings is 1. The summed E-state index contributed by atoms with van der Waals surface area (Å²) in [5.74, 6) is 2.13. The molecule has 0 saturated heterocycles. The molecule has 0 fully saturated rings. The first kappa shape index (κ1) is 19.9. The Balaban J connectivity index is 1.35. The van der Waals surface area contributed by atoms with E-state index in [0.29, 0.717) is 25.6 Å². The fourth-order valence-electron chi connectivity index (χ4n) is 3.11. The van der Waals surface area contributed by atoms with Crippen LogP contribution in [0.1, 0.15) is 6.92 Å². The average molecular weight is 423 g/mol. The zero-order valence-corrected chi connectivity index (χ0v) is 17.4.